The molecular weight excluding hydrogens is 549 g/mol. The fourth-order valence-electron chi connectivity index (χ4n) is 3.99. The molecule has 3 aromatic carbocycles. The van der Waals surface area contributed by atoms with Gasteiger partial charge in [0.2, 0.25) is 11.8 Å². The molecular formula is C27H29Cl2N3O5S. The number of ether oxygens (including phenoxy) is 1. The molecule has 202 valence electrons. The van der Waals surface area contributed by atoms with Crippen LogP contribution in [0.25, 0.3) is 0 Å². The van der Waals surface area contributed by atoms with E-state index in [9.17, 15) is 18.0 Å². The van der Waals surface area contributed by atoms with Crippen LogP contribution >= 0.6 is 23.2 Å². The molecule has 3 rings (SSSR count). The van der Waals surface area contributed by atoms with Crippen LogP contribution in [-0.2, 0) is 26.2 Å². The maximum atomic E-state index is 13.9. The molecule has 2 amide bonds. The number of methoxy groups -OCH3 is 1. The van der Waals surface area contributed by atoms with Crippen LogP contribution in [0, 0.1) is 0 Å². The average molecular weight is 579 g/mol. The van der Waals surface area contributed by atoms with Crippen molar-refractivity contribution >= 4 is 50.7 Å². The third kappa shape index (κ3) is 6.59. The normalized spacial score (nSPS) is 11.9. The summed E-state index contributed by atoms with van der Waals surface area (Å²) in [6, 6.07) is 18.3. The third-order valence-corrected chi connectivity index (χ3v) is 8.31. The summed E-state index contributed by atoms with van der Waals surface area (Å²) in [5.41, 5.74) is 0.742. The first-order valence-electron chi connectivity index (χ1n) is 11.8. The number of hydrogen-bond donors (Lipinski definition) is 1. The van der Waals surface area contributed by atoms with Gasteiger partial charge in [-0.15, -0.1) is 0 Å². The van der Waals surface area contributed by atoms with Gasteiger partial charge in [-0.1, -0.05) is 66.5 Å². The number of halogens is 2. The van der Waals surface area contributed by atoms with Gasteiger partial charge in [0.1, 0.15) is 18.3 Å². The highest BCUT2D eigenvalue weighted by Gasteiger charge is 2.34. The second-order valence-electron chi connectivity index (χ2n) is 8.29. The average Bonchev–Trinajstić information content (AvgIpc) is 2.92. The summed E-state index contributed by atoms with van der Waals surface area (Å²) in [5, 5.41) is 3.32. The Morgan fingerprint density at radius 1 is 1.00 bits per heavy atom. The second-order valence-corrected chi connectivity index (χ2v) is 11.0. The summed E-state index contributed by atoms with van der Waals surface area (Å²) >= 11 is 12.4. The Labute approximate surface area is 233 Å². The van der Waals surface area contributed by atoms with Crippen molar-refractivity contribution < 1.29 is 22.7 Å². The maximum Gasteiger partial charge on any atom is 0.264 e. The molecule has 0 heterocycles. The Hall–Kier alpha value is -3.27. The topological polar surface area (TPSA) is 96.0 Å². The van der Waals surface area contributed by atoms with Crippen LogP contribution in [0.5, 0.6) is 5.75 Å². The number of carbonyl (C=O) groups excluding carboxylic acids is 2. The van der Waals surface area contributed by atoms with E-state index in [2.05, 4.69) is 5.32 Å². The van der Waals surface area contributed by atoms with Crippen molar-refractivity contribution in [2.24, 2.45) is 0 Å². The number of carbonyl (C=O) groups is 2. The maximum absolute atomic E-state index is 13.9. The minimum atomic E-state index is -4.20. The number of nitrogens with one attached hydrogen (secondary N) is 1. The molecule has 0 saturated heterocycles. The number of rotatable bonds is 11. The van der Waals surface area contributed by atoms with Crippen molar-refractivity contribution in [2.75, 3.05) is 25.0 Å². The molecule has 0 radical (unpaired) electrons. The van der Waals surface area contributed by atoms with Gasteiger partial charge in [0.15, 0.2) is 0 Å². The molecule has 0 aliphatic rings. The number of likely N-dealkylation sites (N-methyl/N-ethyl adjacent to an activating group) is 1. The van der Waals surface area contributed by atoms with Gasteiger partial charge in [-0.3, -0.25) is 13.9 Å². The fourth-order valence-corrected chi connectivity index (χ4v) is 5.90. The summed E-state index contributed by atoms with van der Waals surface area (Å²) in [6.07, 6.45) is 0.288. The largest absolute Gasteiger partial charge is 0.495 e. The standard InChI is InChI=1S/C27H29Cl2N3O5S/c1-4-23(27(34)30-2)31(17-19-14-15-20(28)16-22(19)29)26(33)18-32(24-12-8-9-13-25(24)37-3)38(35,36)21-10-6-5-7-11-21/h5-16,23H,4,17-18H2,1-3H3,(H,30,34)/t23-/m1/s1. The Morgan fingerprint density at radius 2 is 1.66 bits per heavy atom. The summed E-state index contributed by atoms with van der Waals surface area (Å²) in [5.74, 6) is -0.719. The highest BCUT2D eigenvalue weighted by atomic mass is 35.5. The Kier molecular flexibility index (Phi) is 10.0. The quantitative estimate of drug-likeness (QED) is 0.354. The first kappa shape index (κ1) is 29.3. The molecule has 3 aromatic rings. The molecule has 0 spiro atoms. The molecule has 1 N–H and O–H groups in total. The van der Waals surface area contributed by atoms with Crippen LogP contribution in [-0.4, -0.2) is 51.9 Å². The Bertz CT molecular complexity index is 1390. The van der Waals surface area contributed by atoms with E-state index in [0.29, 0.717) is 15.6 Å². The number of benzene rings is 3. The van der Waals surface area contributed by atoms with Crippen molar-refractivity contribution in [3.63, 3.8) is 0 Å². The van der Waals surface area contributed by atoms with E-state index in [0.717, 1.165) is 4.31 Å². The molecule has 0 aromatic heterocycles. The fraction of sp³-hybridized carbons (Fsp3) is 0.259. The molecule has 11 heteroatoms. The van der Waals surface area contributed by atoms with Gasteiger partial charge in [-0.25, -0.2) is 8.42 Å². The zero-order valence-electron chi connectivity index (χ0n) is 21.2. The van der Waals surface area contributed by atoms with Crippen molar-refractivity contribution in [3.05, 3.63) is 88.4 Å². The monoisotopic (exact) mass is 577 g/mol. The number of para-hydroxylation sites is 2. The first-order chi connectivity index (χ1) is 18.1. The lowest BCUT2D eigenvalue weighted by molar-refractivity contribution is -0.140. The molecule has 8 nitrogen and oxygen atoms in total. The predicted molar refractivity (Wildman–Crippen MR) is 149 cm³/mol. The lowest BCUT2D eigenvalue weighted by Gasteiger charge is -2.33. The lowest BCUT2D eigenvalue weighted by atomic mass is 10.1. The third-order valence-electron chi connectivity index (χ3n) is 5.95. The molecule has 0 unspecified atom stereocenters. The van der Waals surface area contributed by atoms with Crippen molar-refractivity contribution in [3.8, 4) is 5.75 Å². The van der Waals surface area contributed by atoms with Gasteiger partial charge >= 0.3 is 0 Å². The van der Waals surface area contributed by atoms with Gasteiger partial charge in [-0.05, 0) is 48.4 Å². The number of hydrogen-bond acceptors (Lipinski definition) is 5. The van der Waals surface area contributed by atoms with Gasteiger partial charge in [0, 0.05) is 23.6 Å². The Morgan fingerprint density at radius 3 is 2.26 bits per heavy atom. The van der Waals surface area contributed by atoms with Crippen molar-refractivity contribution in [1.29, 1.82) is 0 Å². The van der Waals surface area contributed by atoms with Crippen LogP contribution in [0.4, 0.5) is 5.69 Å². The molecule has 1 atom stereocenters. The first-order valence-corrected chi connectivity index (χ1v) is 14.0. The summed E-state index contributed by atoms with van der Waals surface area (Å²) in [6.45, 7) is 1.14. The van der Waals surface area contributed by atoms with Gasteiger partial charge in [0.05, 0.1) is 17.7 Å². The van der Waals surface area contributed by atoms with E-state index in [1.165, 1.54) is 31.2 Å². The van der Waals surface area contributed by atoms with E-state index >= 15 is 0 Å². The molecule has 0 saturated carbocycles. The van der Waals surface area contributed by atoms with Gasteiger partial charge < -0.3 is 15.0 Å². The molecule has 0 fully saturated rings. The van der Waals surface area contributed by atoms with Gasteiger partial charge in [-0.2, -0.15) is 0 Å². The van der Waals surface area contributed by atoms with E-state index in [1.807, 2.05) is 0 Å². The van der Waals surface area contributed by atoms with Crippen LogP contribution in [0.2, 0.25) is 10.0 Å². The van der Waals surface area contributed by atoms with Crippen LogP contribution in [0.15, 0.2) is 77.7 Å². The lowest BCUT2D eigenvalue weighted by Crippen LogP contribution is -2.51. The number of anilines is 1. The molecule has 0 aliphatic carbocycles. The SMILES string of the molecule is CC[C@H](C(=O)NC)N(Cc1ccc(Cl)cc1Cl)C(=O)CN(c1ccccc1OC)S(=O)(=O)c1ccccc1. The predicted octanol–water partition coefficient (Wildman–Crippen LogP) is 4.75. The van der Waals surface area contributed by atoms with Gasteiger partial charge in [0.25, 0.3) is 10.0 Å². The molecule has 0 bridgehead atoms. The number of nitrogens with zero attached hydrogens (tertiary/aromatic N) is 2. The number of sulfonamides is 1. The van der Waals surface area contributed by atoms with E-state index < -0.39 is 28.5 Å². The van der Waals surface area contributed by atoms with Crippen LogP contribution < -0.4 is 14.4 Å². The van der Waals surface area contributed by atoms with Crippen LogP contribution in [0.1, 0.15) is 18.9 Å². The summed E-state index contributed by atoms with van der Waals surface area (Å²) in [7, 11) is -1.30. The summed E-state index contributed by atoms with van der Waals surface area (Å²) in [4.78, 5) is 28.1. The smallest absolute Gasteiger partial charge is 0.264 e. The zero-order chi connectivity index (χ0) is 27.9. The molecule has 0 aliphatic heterocycles. The minimum absolute atomic E-state index is 0.00402. The molecule has 38 heavy (non-hydrogen) atoms. The highest BCUT2D eigenvalue weighted by Crippen LogP contribution is 2.33. The van der Waals surface area contributed by atoms with Crippen LogP contribution in [0.3, 0.4) is 0 Å². The minimum Gasteiger partial charge on any atom is -0.495 e. The summed E-state index contributed by atoms with van der Waals surface area (Å²) < 4.78 is 34.1. The van der Waals surface area contributed by atoms with E-state index in [4.69, 9.17) is 27.9 Å². The van der Waals surface area contributed by atoms with E-state index in [-0.39, 0.29) is 35.2 Å². The second kappa shape index (κ2) is 13.0. The zero-order valence-corrected chi connectivity index (χ0v) is 23.6. The Balaban J connectivity index is 2.10. The number of amides is 2. The van der Waals surface area contributed by atoms with Crippen molar-refractivity contribution in [1.82, 2.24) is 10.2 Å². The van der Waals surface area contributed by atoms with Crippen molar-refractivity contribution in [2.45, 2.75) is 30.8 Å². The highest BCUT2D eigenvalue weighted by molar-refractivity contribution is 7.92. The van der Waals surface area contributed by atoms with E-state index in [1.54, 1.807) is 67.6 Å².